The van der Waals surface area contributed by atoms with Crippen LogP contribution in [-0.2, 0) is 0 Å². The van der Waals surface area contributed by atoms with E-state index in [9.17, 15) is 13.2 Å². The average Bonchev–Trinajstić information content (AvgIpc) is 2.35. The second-order valence-corrected chi connectivity index (χ2v) is 5.58. The second kappa shape index (κ2) is 6.07. The molecule has 2 N–H and O–H groups in total. The molecule has 0 saturated carbocycles. The number of alkyl halides is 3. The van der Waals surface area contributed by atoms with E-state index in [0.29, 0.717) is 5.56 Å². The van der Waals surface area contributed by atoms with Gasteiger partial charge in [-0.15, -0.1) is 13.2 Å². The van der Waals surface area contributed by atoms with E-state index in [1.807, 2.05) is 25.1 Å². The molecule has 2 rings (SSSR count). The predicted octanol–water partition coefficient (Wildman–Crippen LogP) is 4.70. The van der Waals surface area contributed by atoms with Gasteiger partial charge in [0.25, 0.3) is 0 Å². The lowest BCUT2D eigenvalue weighted by atomic mass is 9.98. The quantitative estimate of drug-likeness (QED) is 0.861. The highest BCUT2D eigenvalue weighted by Crippen LogP contribution is 2.28. The number of aryl methyl sites for hydroxylation is 1. The smallest absolute Gasteiger partial charge is 0.406 e. The first kappa shape index (κ1) is 15.9. The highest BCUT2D eigenvalue weighted by molar-refractivity contribution is 9.10. The molecule has 2 nitrogen and oxygen atoms in total. The van der Waals surface area contributed by atoms with Crippen molar-refractivity contribution in [2.45, 2.75) is 19.3 Å². The van der Waals surface area contributed by atoms with Gasteiger partial charge in [0.05, 0.1) is 6.04 Å². The van der Waals surface area contributed by atoms with Gasteiger partial charge in [-0.05, 0) is 47.9 Å². The molecule has 0 aliphatic heterocycles. The Bertz CT molecular complexity index is 623. The van der Waals surface area contributed by atoms with E-state index < -0.39 is 12.4 Å². The summed E-state index contributed by atoms with van der Waals surface area (Å²) in [4.78, 5) is 0. The average molecular weight is 360 g/mol. The lowest BCUT2D eigenvalue weighted by Crippen LogP contribution is -2.18. The molecule has 0 radical (unpaired) electrons. The van der Waals surface area contributed by atoms with E-state index in [0.717, 1.165) is 15.6 Å². The van der Waals surface area contributed by atoms with Crippen molar-refractivity contribution in [3.63, 3.8) is 0 Å². The van der Waals surface area contributed by atoms with Crippen LogP contribution in [0.2, 0.25) is 0 Å². The Kier molecular flexibility index (Phi) is 4.58. The zero-order chi connectivity index (χ0) is 15.6. The summed E-state index contributed by atoms with van der Waals surface area (Å²) < 4.78 is 41.5. The summed E-state index contributed by atoms with van der Waals surface area (Å²) in [6, 6.07) is 10.8. The van der Waals surface area contributed by atoms with E-state index in [2.05, 4.69) is 20.7 Å². The molecule has 112 valence electrons. The molecule has 0 spiro atoms. The van der Waals surface area contributed by atoms with Gasteiger partial charge in [0.1, 0.15) is 5.75 Å². The van der Waals surface area contributed by atoms with Gasteiger partial charge < -0.3 is 10.5 Å². The first-order valence-corrected chi connectivity index (χ1v) is 6.92. The highest BCUT2D eigenvalue weighted by Gasteiger charge is 2.31. The van der Waals surface area contributed by atoms with Crippen LogP contribution in [0.3, 0.4) is 0 Å². The summed E-state index contributed by atoms with van der Waals surface area (Å²) in [6.45, 7) is 1.92. The second-order valence-electron chi connectivity index (χ2n) is 4.66. The van der Waals surface area contributed by atoms with Crippen molar-refractivity contribution < 1.29 is 17.9 Å². The zero-order valence-electron chi connectivity index (χ0n) is 11.1. The molecule has 6 heteroatoms. The molecule has 0 fully saturated rings. The van der Waals surface area contributed by atoms with Crippen molar-refractivity contribution in [3.8, 4) is 5.75 Å². The Labute approximate surface area is 128 Å². The maximum absolute atomic E-state index is 12.2. The summed E-state index contributed by atoms with van der Waals surface area (Å²) in [7, 11) is 0. The van der Waals surface area contributed by atoms with Crippen LogP contribution in [0, 0.1) is 6.92 Å². The van der Waals surface area contributed by atoms with Crippen molar-refractivity contribution >= 4 is 15.9 Å². The van der Waals surface area contributed by atoms with Gasteiger partial charge in [0.2, 0.25) is 0 Å². The minimum Gasteiger partial charge on any atom is -0.406 e. The first-order valence-electron chi connectivity index (χ1n) is 6.13. The van der Waals surface area contributed by atoms with Crippen LogP contribution in [0.15, 0.2) is 46.9 Å². The van der Waals surface area contributed by atoms with E-state index in [-0.39, 0.29) is 5.75 Å². The fraction of sp³-hybridized carbons (Fsp3) is 0.200. The van der Waals surface area contributed by atoms with Gasteiger partial charge in [-0.2, -0.15) is 0 Å². The molecular weight excluding hydrogens is 347 g/mol. The topological polar surface area (TPSA) is 35.2 Å². The molecule has 0 amide bonds. The summed E-state index contributed by atoms with van der Waals surface area (Å²) in [6.07, 6.45) is -4.71. The minimum absolute atomic E-state index is 0.276. The Morgan fingerprint density at radius 2 is 1.81 bits per heavy atom. The molecule has 0 saturated heterocycles. The largest absolute Gasteiger partial charge is 0.573 e. The molecule has 0 heterocycles. The van der Waals surface area contributed by atoms with Crippen LogP contribution in [0.1, 0.15) is 22.7 Å². The summed E-state index contributed by atoms with van der Waals surface area (Å²) >= 11 is 3.38. The minimum atomic E-state index is -4.71. The van der Waals surface area contributed by atoms with Crippen molar-refractivity contribution in [1.29, 1.82) is 0 Å². The van der Waals surface area contributed by atoms with Crippen LogP contribution in [0.4, 0.5) is 13.2 Å². The third-order valence-corrected chi connectivity index (χ3v) is 3.33. The van der Waals surface area contributed by atoms with Gasteiger partial charge in [0, 0.05) is 4.47 Å². The highest BCUT2D eigenvalue weighted by atomic mass is 79.9. The summed E-state index contributed by atoms with van der Waals surface area (Å²) in [5.41, 5.74) is 8.50. The molecule has 2 aromatic carbocycles. The Hall–Kier alpha value is -1.53. The fourth-order valence-electron chi connectivity index (χ4n) is 2.04. The van der Waals surface area contributed by atoms with Gasteiger partial charge in [-0.1, -0.05) is 34.1 Å². The van der Waals surface area contributed by atoms with Gasteiger partial charge in [-0.3, -0.25) is 0 Å². The Morgan fingerprint density at radius 3 is 2.43 bits per heavy atom. The Morgan fingerprint density at radius 1 is 1.10 bits per heavy atom. The van der Waals surface area contributed by atoms with E-state index in [4.69, 9.17) is 5.73 Å². The van der Waals surface area contributed by atoms with Crippen LogP contribution in [0.5, 0.6) is 5.75 Å². The molecule has 0 aliphatic carbocycles. The Balaban J connectivity index is 2.30. The van der Waals surface area contributed by atoms with Crippen LogP contribution >= 0.6 is 15.9 Å². The number of benzene rings is 2. The molecule has 2 aromatic rings. The first-order chi connectivity index (χ1) is 9.74. The molecule has 0 aliphatic rings. The van der Waals surface area contributed by atoms with Crippen molar-refractivity contribution in [2.24, 2.45) is 5.73 Å². The van der Waals surface area contributed by atoms with Gasteiger partial charge >= 0.3 is 6.36 Å². The van der Waals surface area contributed by atoms with E-state index in [1.54, 1.807) is 6.07 Å². The zero-order valence-corrected chi connectivity index (χ0v) is 12.7. The maximum atomic E-state index is 12.2. The van der Waals surface area contributed by atoms with Crippen LogP contribution in [-0.4, -0.2) is 6.36 Å². The monoisotopic (exact) mass is 359 g/mol. The van der Waals surface area contributed by atoms with Gasteiger partial charge in [-0.25, -0.2) is 0 Å². The van der Waals surface area contributed by atoms with E-state index >= 15 is 0 Å². The fourth-order valence-corrected chi connectivity index (χ4v) is 2.67. The summed E-state index contributed by atoms with van der Waals surface area (Å²) in [5.74, 6) is -0.276. The van der Waals surface area contributed by atoms with Crippen molar-refractivity contribution in [1.82, 2.24) is 0 Å². The maximum Gasteiger partial charge on any atom is 0.573 e. The normalized spacial score (nSPS) is 13.0. The third kappa shape index (κ3) is 4.47. The molecule has 0 bridgehead atoms. The molecular formula is C15H13BrF3NO. The lowest BCUT2D eigenvalue weighted by molar-refractivity contribution is -0.274. The van der Waals surface area contributed by atoms with Crippen molar-refractivity contribution in [2.75, 3.05) is 0 Å². The van der Waals surface area contributed by atoms with Crippen LogP contribution in [0.25, 0.3) is 0 Å². The summed E-state index contributed by atoms with van der Waals surface area (Å²) in [5, 5.41) is 0. The van der Waals surface area contributed by atoms with E-state index in [1.165, 1.54) is 18.2 Å². The number of hydrogen-bond acceptors (Lipinski definition) is 2. The van der Waals surface area contributed by atoms with Crippen LogP contribution < -0.4 is 10.5 Å². The number of nitrogens with two attached hydrogens (primary N) is 1. The third-order valence-electron chi connectivity index (χ3n) is 2.87. The molecule has 1 unspecified atom stereocenters. The number of hydrogen-bond donors (Lipinski definition) is 1. The molecule has 21 heavy (non-hydrogen) atoms. The number of ether oxygens (including phenoxy) is 1. The SMILES string of the molecule is Cc1cc(Br)cc(C(N)c2cccc(OC(F)(F)F)c2)c1. The molecule has 1 atom stereocenters. The lowest BCUT2D eigenvalue weighted by Gasteiger charge is -2.16. The molecule has 0 aromatic heterocycles. The van der Waals surface area contributed by atoms with Gasteiger partial charge in [0.15, 0.2) is 0 Å². The standard InChI is InChI=1S/C15H13BrF3NO/c1-9-5-11(7-12(16)6-9)14(20)10-3-2-4-13(8-10)21-15(17,18)19/h2-8,14H,20H2,1H3. The number of rotatable bonds is 3. The predicted molar refractivity (Wildman–Crippen MR) is 78.0 cm³/mol. The van der Waals surface area contributed by atoms with Crippen molar-refractivity contribution in [3.05, 3.63) is 63.6 Å². The number of halogens is 4.